The number of morpholine rings is 1. The number of nitrogens with one attached hydrogen (secondary N) is 2. The molecule has 1 unspecified atom stereocenters. The lowest BCUT2D eigenvalue weighted by Gasteiger charge is -2.27. The fourth-order valence-corrected chi connectivity index (χ4v) is 2.36. The minimum absolute atomic E-state index is 0.0582. The summed E-state index contributed by atoms with van der Waals surface area (Å²) in [5.41, 5.74) is 0. The van der Waals surface area contributed by atoms with Crippen molar-refractivity contribution in [2.45, 2.75) is 13.0 Å². The molecule has 0 aliphatic carbocycles. The van der Waals surface area contributed by atoms with Crippen molar-refractivity contribution in [1.29, 1.82) is 0 Å². The minimum atomic E-state index is -3.33. The number of hydrogen-bond acceptors (Lipinski definition) is 4. The first kappa shape index (κ1) is 12.9. The molecule has 0 saturated carbocycles. The molecule has 7 heteroatoms. The van der Waals surface area contributed by atoms with Crippen molar-refractivity contribution in [3.05, 3.63) is 0 Å². The van der Waals surface area contributed by atoms with Crippen LogP contribution in [0, 0.1) is 0 Å². The van der Waals surface area contributed by atoms with E-state index in [4.69, 9.17) is 4.74 Å². The normalized spacial score (nSPS) is 23.3. The van der Waals surface area contributed by atoms with Crippen LogP contribution in [-0.4, -0.2) is 58.7 Å². The van der Waals surface area contributed by atoms with E-state index in [2.05, 4.69) is 10.0 Å². The molecule has 0 bridgehead atoms. The van der Waals surface area contributed by atoms with Gasteiger partial charge in [-0.3, -0.25) is 0 Å². The monoisotopic (exact) mass is 237 g/mol. The van der Waals surface area contributed by atoms with Gasteiger partial charge < -0.3 is 10.1 Å². The van der Waals surface area contributed by atoms with Crippen LogP contribution in [0.5, 0.6) is 0 Å². The summed E-state index contributed by atoms with van der Waals surface area (Å²) in [4.78, 5) is 0. The SMILES string of the molecule is CCNS(=O)(=O)N(C)CC1CNCCO1. The largest absolute Gasteiger partial charge is 0.374 e. The first-order chi connectivity index (χ1) is 7.06. The van der Waals surface area contributed by atoms with Crippen LogP contribution in [0.15, 0.2) is 0 Å². The van der Waals surface area contributed by atoms with Gasteiger partial charge in [0.2, 0.25) is 0 Å². The maximum Gasteiger partial charge on any atom is 0.279 e. The van der Waals surface area contributed by atoms with Crippen LogP contribution in [0.1, 0.15) is 6.92 Å². The topological polar surface area (TPSA) is 70.7 Å². The first-order valence-electron chi connectivity index (χ1n) is 5.09. The summed E-state index contributed by atoms with van der Waals surface area (Å²) in [6.07, 6.45) is -0.0582. The predicted molar refractivity (Wildman–Crippen MR) is 57.8 cm³/mol. The average Bonchev–Trinajstić information content (AvgIpc) is 2.19. The molecule has 0 amide bonds. The second kappa shape index (κ2) is 5.76. The number of hydrogen-bond donors (Lipinski definition) is 2. The lowest BCUT2D eigenvalue weighted by molar-refractivity contribution is 0.0205. The molecule has 6 nitrogen and oxygen atoms in total. The third-order valence-corrected chi connectivity index (χ3v) is 3.83. The fourth-order valence-electron chi connectivity index (χ4n) is 1.41. The smallest absolute Gasteiger partial charge is 0.279 e. The van der Waals surface area contributed by atoms with Crippen LogP contribution in [-0.2, 0) is 14.9 Å². The highest BCUT2D eigenvalue weighted by molar-refractivity contribution is 7.87. The van der Waals surface area contributed by atoms with Crippen LogP contribution in [0.4, 0.5) is 0 Å². The molecule has 1 rings (SSSR count). The number of rotatable bonds is 5. The van der Waals surface area contributed by atoms with E-state index in [-0.39, 0.29) is 6.10 Å². The Kier molecular flexibility index (Phi) is 4.94. The van der Waals surface area contributed by atoms with Gasteiger partial charge in [-0.2, -0.15) is 12.7 Å². The molecule has 1 aliphatic rings. The highest BCUT2D eigenvalue weighted by Gasteiger charge is 2.22. The quantitative estimate of drug-likeness (QED) is 0.627. The van der Waals surface area contributed by atoms with Gasteiger partial charge in [-0.1, -0.05) is 6.92 Å². The second-order valence-electron chi connectivity index (χ2n) is 3.48. The van der Waals surface area contributed by atoms with Gasteiger partial charge in [0, 0.05) is 33.2 Å². The summed E-state index contributed by atoms with van der Waals surface area (Å²) in [5.74, 6) is 0. The molecule has 15 heavy (non-hydrogen) atoms. The molecule has 1 heterocycles. The number of nitrogens with zero attached hydrogens (tertiary/aromatic N) is 1. The van der Waals surface area contributed by atoms with Crippen LogP contribution >= 0.6 is 0 Å². The fraction of sp³-hybridized carbons (Fsp3) is 1.00. The average molecular weight is 237 g/mol. The molecule has 1 atom stereocenters. The highest BCUT2D eigenvalue weighted by Crippen LogP contribution is 2.01. The maximum atomic E-state index is 11.5. The number of ether oxygens (including phenoxy) is 1. The van der Waals surface area contributed by atoms with Crippen molar-refractivity contribution in [2.24, 2.45) is 0 Å². The standard InChI is InChI=1S/C8H19N3O3S/c1-3-10-15(12,13)11(2)7-8-6-9-4-5-14-8/h8-10H,3-7H2,1-2H3. The summed E-state index contributed by atoms with van der Waals surface area (Å²) in [6.45, 7) is 4.70. The van der Waals surface area contributed by atoms with E-state index in [0.717, 1.165) is 6.54 Å². The Hall–Kier alpha value is -0.210. The Bertz CT molecular complexity index is 275. The van der Waals surface area contributed by atoms with Gasteiger partial charge in [0.1, 0.15) is 0 Å². The predicted octanol–water partition coefficient (Wildman–Crippen LogP) is -1.24. The van der Waals surface area contributed by atoms with Gasteiger partial charge in [0.05, 0.1) is 12.7 Å². The van der Waals surface area contributed by atoms with E-state index < -0.39 is 10.2 Å². The van der Waals surface area contributed by atoms with E-state index in [1.807, 2.05) is 0 Å². The van der Waals surface area contributed by atoms with Gasteiger partial charge in [-0.05, 0) is 0 Å². The van der Waals surface area contributed by atoms with Crippen LogP contribution in [0.2, 0.25) is 0 Å². The van der Waals surface area contributed by atoms with Crippen LogP contribution < -0.4 is 10.0 Å². The van der Waals surface area contributed by atoms with Crippen molar-refractivity contribution in [3.8, 4) is 0 Å². The summed E-state index contributed by atoms with van der Waals surface area (Å²) >= 11 is 0. The Labute approximate surface area is 91.2 Å². The van der Waals surface area contributed by atoms with Crippen molar-refractivity contribution >= 4 is 10.2 Å². The Morgan fingerprint density at radius 3 is 2.87 bits per heavy atom. The van der Waals surface area contributed by atoms with E-state index in [1.54, 1.807) is 14.0 Å². The first-order valence-corrected chi connectivity index (χ1v) is 6.53. The van der Waals surface area contributed by atoms with E-state index >= 15 is 0 Å². The second-order valence-corrected chi connectivity index (χ2v) is 5.34. The summed E-state index contributed by atoms with van der Waals surface area (Å²) in [7, 11) is -1.78. The third-order valence-electron chi connectivity index (χ3n) is 2.20. The lowest BCUT2D eigenvalue weighted by Crippen LogP contribution is -2.48. The summed E-state index contributed by atoms with van der Waals surface area (Å²) in [5, 5.41) is 3.16. The Balaban J connectivity index is 2.43. The third kappa shape index (κ3) is 4.04. The zero-order valence-electron chi connectivity index (χ0n) is 9.19. The molecular weight excluding hydrogens is 218 g/mol. The van der Waals surface area contributed by atoms with Gasteiger partial charge in [-0.25, -0.2) is 4.72 Å². The van der Waals surface area contributed by atoms with E-state index in [0.29, 0.717) is 26.2 Å². The molecular formula is C8H19N3O3S. The zero-order chi connectivity index (χ0) is 11.3. The summed E-state index contributed by atoms with van der Waals surface area (Å²) < 4.78 is 32.2. The molecule has 1 fully saturated rings. The molecule has 0 aromatic carbocycles. The van der Waals surface area contributed by atoms with Gasteiger partial charge >= 0.3 is 0 Å². The maximum absolute atomic E-state index is 11.5. The number of likely N-dealkylation sites (N-methyl/N-ethyl adjacent to an activating group) is 1. The molecule has 1 saturated heterocycles. The highest BCUT2D eigenvalue weighted by atomic mass is 32.2. The van der Waals surface area contributed by atoms with Crippen LogP contribution in [0.25, 0.3) is 0 Å². The summed E-state index contributed by atoms with van der Waals surface area (Å²) in [6, 6.07) is 0. The van der Waals surface area contributed by atoms with Gasteiger partial charge in [0.15, 0.2) is 0 Å². The van der Waals surface area contributed by atoms with E-state index in [1.165, 1.54) is 4.31 Å². The van der Waals surface area contributed by atoms with Crippen molar-refractivity contribution < 1.29 is 13.2 Å². The van der Waals surface area contributed by atoms with Crippen LogP contribution in [0.3, 0.4) is 0 Å². The van der Waals surface area contributed by atoms with Gasteiger partial charge in [-0.15, -0.1) is 0 Å². The minimum Gasteiger partial charge on any atom is -0.374 e. The molecule has 90 valence electrons. The van der Waals surface area contributed by atoms with Crippen molar-refractivity contribution in [2.75, 3.05) is 39.8 Å². The lowest BCUT2D eigenvalue weighted by atomic mass is 10.3. The van der Waals surface area contributed by atoms with Crippen molar-refractivity contribution in [3.63, 3.8) is 0 Å². The van der Waals surface area contributed by atoms with Crippen molar-refractivity contribution in [1.82, 2.24) is 14.3 Å². The molecule has 1 aliphatic heterocycles. The molecule has 0 aromatic heterocycles. The molecule has 2 N–H and O–H groups in total. The molecule has 0 spiro atoms. The Morgan fingerprint density at radius 1 is 1.60 bits per heavy atom. The Morgan fingerprint density at radius 2 is 2.33 bits per heavy atom. The zero-order valence-corrected chi connectivity index (χ0v) is 10.0. The van der Waals surface area contributed by atoms with E-state index in [9.17, 15) is 8.42 Å². The van der Waals surface area contributed by atoms with Gasteiger partial charge in [0.25, 0.3) is 10.2 Å². The molecule has 0 radical (unpaired) electrons. The molecule has 0 aromatic rings.